The highest BCUT2D eigenvalue weighted by Gasteiger charge is 2.26. The van der Waals surface area contributed by atoms with E-state index in [2.05, 4.69) is 0 Å². The molecule has 1 aliphatic heterocycles. The SMILES string of the molecule is CCCC(N)C(=O)N1CCN(C(=O)Cc2ccccc2Cl)CC1. The number of nitrogens with two attached hydrogens (primary N) is 1. The third kappa shape index (κ3) is 4.69. The van der Waals surface area contributed by atoms with Crippen molar-refractivity contribution < 1.29 is 9.59 Å². The molecule has 1 fully saturated rings. The minimum atomic E-state index is -0.426. The van der Waals surface area contributed by atoms with Gasteiger partial charge in [-0.3, -0.25) is 9.59 Å². The first-order chi connectivity index (χ1) is 11.0. The molecule has 2 amide bonds. The highest BCUT2D eigenvalue weighted by atomic mass is 35.5. The van der Waals surface area contributed by atoms with Crippen molar-refractivity contribution in [1.82, 2.24) is 9.80 Å². The van der Waals surface area contributed by atoms with Gasteiger partial charge in [-0.05, 0) is 18.1 Å². The Bertz CT molecular complexity index is 557. The second-order valence-corrected chi connectivity index (χ2v) is 6.28. The molecule has 0 bridgehead atoms. The van der Waals surface area contributed by atoms with Crippen molar-refractivity contribution >= 4 is 23.4 Å². The standard InChI is InChI=1S/C17H24ClN3O2/c1-2-5-15(19)17(23)21-10-8-20(9-11-21)16(22)12-13-6-3-4-7-14(13)18/h3-4,6-7,15H,2,5,8-12,19H2,1H3. The number of carbonyl (C=O) groups excluding carboxylic acids is 2. The molecule has 1 aromatic rings. The van der Waals surface area contributed by atoms with Gasteiger partial charge in [0.1, 0.15) is 0 Å². The molecule has 0 radical (unpaired) electrons. The molecule has 126 valence electrons. The molecule has 1 saturated heterocycles. The van der Waals surface area contributed by atoms with Gasteiger partial charge in [-0.15, -0.1) is 0 Å². The number of benzene rings is 1. The molecule has 1 atom stereocenters. The number of rotatable bonds is 5. The Hall–Kier alpha value is -1.59. The molecule has 2 N–H and O–H groups in total. The number of hydrogen-bond acceptors (Lipinski definition) is 3. The zero-order valence-electron chi connectivity index (χ0n) is 13.5. The molecule has 2 rings (SSSR count). The third-order valence-electron chi connectivity index (χ3n) is 4.16. The van der Waals surface area contributed by atoms with Crippen LogP contribution in [0.15, 0.2) is 24.3 Å². The van der Waals surface area contributed by atoms with E-state index in [4.69, 9.17) is 17.3 Å². The minimum absolute atomic E-state index is 0.00921. The Morgan fingerprint density at radius 1 is 1.17 bits per heavy atom. The van der Waals surface area contributed by atoms with Crippen molar-refractivity contribution in [3.63, 3.8) is 0 Å². The second kappa shape index (κ2) is 8.31. The molecule has 1 aromatic carbocycles. The van der Waals surface area contributed by atoms with Gasteiger partial charge in [0.15, 0.2) is 0 Å². The summed E-state index contributed by atoms with van der Waals surface area (Å²) in [6, 6.07) is 6.95. The van der Waals surface area contributed by atoms with Gasteiger partial charge in [0.05, 0.1) is 12.5 Å². The summed E-state index contributed by atoms with van der Waals surface area (Å²) in [5, 5.41) is 0.611. The van der Waals surface area contributed by atoms with Crippen LogP contribution in [0.2, 0.25) is 5.02 Å². The van der Waals surface area contributed by atoms with Crippen molar-refractivity contribution in [1.29, 1.82) is 0 Å². The average Bonchev–Trinajstić information content (AvgIpc) is 2.56. The van der Waals surface area contributed by atoms with Crippen LogP contribution in [0.25, 0.3) is 0 Å². The van der Waals surface area contributed by atoms with Crippen LogP contribution in [-0.4, -0.2) is 53.8 Å². The lowest BCUT2D eigenvalue weighted by Gasteiger charge is -2.36. The fourth-order valence-corrected chi connectivity index (χ4v) is 2.96. The van der Waals surface area contributed by atoms with Crippen LogP contribution in [0.1, 0.15) is 25.3 Å². The molecule has 6 heteroatoms. The van der Waals surface area contributed by atoms with E-state index in [-0.39, 0.29) is 11.8 Å². The van der Waals surface area contributed by atoms with Gasteiger partial charge in [0.2, 0.25) is 11.8 Å². The van der Waals surface area contributed by atoms with Gasteiger partial charge in [-0.1, -0.05) is 43.1 Å². The fraction of sp³-hybridized carbons (Fsp3) is 0.529. The highest BCUT2D eigenvalue weighted by molar-refractivity contribution is 6.31. The number of halogens is 1. The zero-order chi connectivity index (χ0) is 16.8. The monoisotopic (exact) mass is 337 g/mol. The summed E-state index contributed by atoms with van der Waals surface area (Å²) < 4.78 is 0. The van der Waals surface area contributed by atoms with Crippen molar-refractivity contribution in [2.75, 3.05) is 26.2 Å². The lowest BCUT2D eigenvalue weighted by atomic mass is 10.1. The Balaban J connectivity index is 1.85. The van der Waals surface area contributed by atoms with E-state index >= 15 is 0 Å². The predicted octanol–water partition coefficient (Wildman–Crippen LogP) is 1.68. The summed E-state index contributed by atoms with van der Waals surface area (Å²) in [5.74, 6) is 0.0353. The van der Waals surface area contributed by atoms with E-state index in [1.54, 1.807) is 15.9 Å². The minimum Gasteiger partial charge on any atom is -0.339 e. The molecule has 0 aromatic heterocycles. The summed E-state index contributed by atoms with van der Waals surface area (Å²) in [5.41, 5.74) is 6.72. The molecule has 1 unspecified atom stereocenters. The average molecular weight is 338 g/mol. The predicted molar refractivity (Wildman–Crippen MR) is 91.2 cm³/mol. The van der Waals surface area contributed by atoms with Crippen molar-refractivity contribution in [2.45, 2.75) is 32.2 Å². The van der Waals surface area contributed by atoms with Crippen molar-refractivity contribution in [3.05, 3.63) is 34.9 Å². The molecule has 1 heterocycles. The Morgan fingerprint density at radius 3 is 2.39 bits per heavy atom. The molecular weight excluding hydrogens is 314 g/mol. The van der Waals surface area contributed by atoms with Crippen LogP contribution in [0.3, 0.4) is 0 Å². The molecular formula is C17H24ClN3O2. The van der Waals surface area contributed by atoms with Crippen molar-refractivity contribution in [2.24, 2.45) is 5.73 Å². The smallest absolute Gasteiger partial charge is 0.239 e. The van der Waals surface area contributed by atoms with Gasteiger partial charge in [0, 0.05) is 31.2 Å². The summed E-state index contributed by atoms with van der Waals surface area (Å²) in [4.78, 5) is 28.1. The molecule has 5 nitrogen and oxygen atoms in total. The number of carbonyl (C=O) groups is 2. The van der Waals surface area contributed by atoms with Crippen LogP contribution < -0.4 is 5.73 Å². The second-order valence-electron chi connectivity index (χ2n) is 5.87. The number of hydrogen-bond donors (Lipinski definition) is 1. The van der Waals surface area contributed by atoms with E-state index in [0.717, 1.165) is 12.0 Å². The third-order valence-corrected chi connectivity index (χ3v) is 4.53. The zero-order valence-corrected chi connectivity index (χ0v) is 14.3. The maximum absolute atomic E-state index is 12.4. The summed E-state index contributed by atoms with van der Waals surface area (Å²) in [6.07, 6.45) is 1.89. The quantitative estimate of drug-likeness (QED) is 0.889. The maximum Gasteiger partial charge on any atom is 0.239 e. The Kier molecular flexibility index (Phi) is 6.42. The van der Waals surface area contributed by atoms with E-state index in [1.165, 1.54) is 0 Å². The molecule has 0 spiro atoms. The molecule has 0 aliphatic carbocycles. The summed E-state index contributed by atoms with van der Waals surface area (Å²) in [6.45, 7) is 4.20. The number of nitrogens with zero attached hydrogens (tertiary/aromatic N) is 2. The van der Waals surface area contributed by atoms with Crippen LogP contribution in [0, 0.1) is 0 Å². The van der Waals surface area contributed by atoms with Crippen molar-refractivity contribution in [3.8, 4) is 0 Å². The van der Waals surface area contributed by atoms with Crippen LogP contribution >= 0.6 is 11.6 Å². The fourth-order valence-electron chi connectivity index (χ4n) is 2.76. The van der Waals surface area contributed by atoms with Crippen LogP contribution in [0.5, 0.6) is 0 Å². The first-order valence-corrected chi connectivity index (χ1v) is 8.46. The first-order valence-electron chi connectivity index (χ1n) is 8.08. The highest BCUT2D eigenvalue weighted by Crippen LogP contribution is 2.17. The first kappa shape index (κ1) is 17.8. The van der Waals surface area contributed by atoms with Gasteiger partial charge in [-0.25, -0.2) is 0 Å². The van der Waals surface area contributed by atoms with E-state index in [1.807, 2.05) is 25.1 Å². The molecule has 23 heavy (non-hydrogen) atoms. The normalized spacial score (nSPS) is 16.3. The Morgan fingerprint density at radius 2 is 1.78 bits per heavy atom. The lowest BCUT2D eigenvalue weighted by molar-refractivity contribution is -0.140. The largest absolute Gasteiger partial charge is 0.339 e. The van der Waals surface area contributed by atoms with Gasteiger partial charge in [0.25, 0.3) is 0 Å². The van der Waals surface area contributed by atoms with E-state index in [9.17, 15) is 9.59 Å². The van der Waals surface area contributed by atoms with Gasteiger partial charge < -0.3 is 15.5 Å². The van der Waals surface area contributed by atoms with Crippen LogP contribution in [0.4, 0.5) is 0 Å². The maximum atomic E-state index is 12.4. The van der Waals surface area contributed by atoms with Gasteiger partial charge in [-0.2, -0.15) is 0 Å². The summed E-state index contributed by atoms with van der Waals surface area (Å²) >= 11 is 6.10. The van der Waals surface area contributed by atoms with Gasteiger partial charge >= 0.3 is 0 Å². The lowest BCUT2D eigenvalue weighted by Crippen LogP contribution is -2.54. The van der Waals surface area contributed by atoms with E-state index < -0.39 is 6.04 Å². The molecule has 1 aliphatic rings. The Labute approximate surface area is 142 Å². The molecule has 0 saturated carbocycles. The topological polar surface area (TPSA) is 66.6 Å². The number of piperazine rings is 1. The van der Waals surface area contributed by atoms with E-state index in [0.29, 0.717) is 44.0 Å². The summed E-state index contributed by atoms with van der Waals surface area (Å²) in [7, 11) is 0. The van der Waals surface area contributed by atoms with Crippen LogP contribution in [-0.2, 0) is 16.0 Å². The number of amides is 2.